The molecular weight excluding hydrogens is 244 g/mol. The first kappa shape index (κ1) is 15.7. The molecule has 0 aliphatic rings. The van der Waals surface area contributed by atoms with Gasteiger partial charge in [-0.3, -0.25) is 14.4 Å². The Kier molecular flexibility index (Phi) is 7.71. The van der Waals surface area contributed by atoms with Gasteiger partial charge in [0.15, 0.2) is 0 Å². The number of rotatable bonds is 9. The Morgan fingerprint density at radius 3 is 2.11 bits per heavy atom. The van der Waals surface area contributed by atoms with E-state index < -0.39 is 30.9 Å². The van der Waals surface area contributed by atoms with E-state index in [9.17, 15) is 14.4 Å². The molecule has 0 aliphatic carbocycles. The van der Waals surface area contributed by atoms with Crippen LogP contribution in [0.5, 0.6) is 0 Å². The monoisotopic (exact) mass is 258 g/mol. The zero-order valence-corrected chi connectivity index (χ0v) is 9.65. The summed E-state index contributed by atoms with van der Waals surface area (Å²) < 4.78 is 0. The fourth-order valence-electron chi connectivity index (χ4n) is 1.22. The van der Waals surface area contributed by atoms with E-state index in [1.54, 1.807) is 0 Å². The summed E-state index contributed by atoms with van der Waals surface area (Å²) >= 11 is 0. The van der Waals surface area contributed by atoms with Crippen LogP contribution in [0.2, 0.25) is 0 Å². The first-order valence-corrected chi connectivity index (χ1v) is 5.19. The van der Waals surface area contributed by atoms with Crippen molar-refractivity contribution in [1.82, 2.24) is 4.90 Å². The number of hydrogen-bond acceptors (Lipinski definition) is 4. The Hall–Kier alpha value is -2.28. The number of aliphatic carboxylic acids is 2. The van der Waals surface area contributed by atoms with Gasteiger partial charge in [0, 0.05) is 17.9 Å². The van der Waals surface area contributed by atoms with E-state index in [1.165, 1.54) is 0 Å². The number of amides is 1. The molecule has 0 aromatic heterocycles. The highest BCUT2D eigenvalue weighted by molar-refractivity contribution is 5.85. The molecule has 2 N–H and O–H groups in total. The number of carboxylic acids is 2. The maximum atomic E-state index is 11.5. The molecule has 0 fully saturated rings. The van der Waals surface area contributed by atoms with Crippen LogP contribution in [-0.4, -0.2) is 52.6 Å². The van der Waals surface area contributed by atoms with Gasteiger partial charge in [-0.15, -0.1) is 0 Å². The van der Waals surface area contributed by atoms with Gasteiger partial charge in [0.05, 0.1) is 0 Å². The molecule has 9 heteroatoms. The molecule has 18 heavy (non-hydrogen) atoms. The maximum absolute atomic E-state index is 11.5. The van der Waals surface area contributed by atoms with Crippen molar-refractivity contribution in [2.75, 3.05) is 19.6 Å². The van der Waals surface area contributed by atoms with Gasteiger partial charge in [0.25, 0.3) is 0 Å². The number of hydrogen-bond donors (Lipinski definition) is 2. The second kappa shape index (κ2) is 8.82. The topological polar surface area (TPSA) is 144 Å². The standard InChI is InChI=1S/C9H14N4O5/c10-12-11-4-2-1-3-7(14)13(5-8(15)16)6-9(17)18/h1-6H2,(H,15,16)(H,17,18). The third-order valence-corrected chi connectivity index (χ3v) is 1.97. The summed E-state index contributed by atoms with van der Waals surface area (Å²) in [6.45, 7) is -1.02. The molecule has 100 valence electrons. The summed E-state index contributed by atoms with van der Waals surface area (Å²) in [4.78, 5) is 35.8. The van der Waals surface area contributed by atoms with Gasteiger partial charge in [0.2, 0.25) is 5.91 Å². The average molecular weight is 258 g/mol. The summed E-state index contributed by atoms with van der Waals surface area (Å²) in [5.41, 5.74) is 8.01. The quantitative estimate of drug-likeness (QED) is 0.267. The zero-order chi connectivity index (χ0) is 14.0. The Bertz CT molecular complexity index is 348. The lowest BCUT2D eigenvalue weighted by Gasteiger charge is -2.18. The van der Waals surface area contributed by atoms with Gasteiger partial charge in [-0.1, -0.05) is 5.11 Å². The molecule has 0 bridgehead atoms. The predicted molar refractivity (Wildman–Crippen MR) is 59.7 cm³/mol. The maximum Gasteiger partial charge on any atom is 0.323 e. The summed E-state index contributed by atoms with van der Waals surface area (Å²) in [5, 5.41) is 20.4. The second-order valence-corrected chi connectivity index (χ2v) is 3.45. The Labute approximate surface area is 103 Å². The van der Waals surface area contributed by atoms with Gasteiger partial charge in [-0.25, -0.2) is 0 Å². The van der Waals surface area contributed by atoms with Crippen LogP contribution in [-0.2, 0) is 14.4 Å². The minimum Gasteiger partial charge on any atom is -0.480 e. The van der Waals surface area contributed by atoms with E-state index in [2.05, 4.69) is 10.0 Å². The molecule has 0 unspecified atom stereocenters. The Morgan fingerprint density at radius 2 is 1.67 bits per heavy atom. The highest BCUT2D eigenvalue weighted by Gasteiger charge is 2.18. The van der Waals surface area contributed by atoms with Crippen LogP contribution in [0.25, 0.3) is 10.4 Å². The second-order valence-electron chi connectivity index (χ2n) is 3.45. The van der Waals surface area contributed by atoms with Crippen LogP contribution in [0, 0.1) is 0 Å². The van der Waals surface area contributed by atoms with Crippen LogP contribution in [0.4, 0.5) is 0 Å². The molecule has 0 saturated carbocycles. The van der Waals surface area contributed by atoms with Crippen molar-refractivity contribution in [2.24, 2.45) is 5.11 Å². The van der Waals surface area contributed by atoms with E-state index in [0.29, 0.717) is 12.8 Å². The summed E-state index contributed by atoms with van der Waals surface area (Å²) in [6, 6.07) is 0. The van der Waals surface area contributed by atoms with E-state index in [0.717, 1.165) is 4.90 Å². The van der Waals surface area contributed by atoms with Crippen molar-refractivity contribution in [2.45, 2.75) is 19.3 Å². The molecule has 1 amide bonds. The fourth-order valence-corrected chi connectivity index (χ4v) is 1.22. The SMILES string of the molecule is [N-]=[N+]=NCCCCC(=O)N(CC(=O)O)CC(=O)O. The smallest absolute Gasteiger partial charge is 0.323 e. The van der Waals surface area contributed by atoms with Crippen LogP contribution < -0.4 is 0 Å². The summed E-state index contributed by atoms with van der Waals surface area (Å²) in [6.07, 6.45) is 0.929. The molecule has 0 saturated heterocycles. The molecule has 0 radical (unpaired) electrons. The summed E-state index contributed by atoms with van der Waals surface area (Å²) in [7, 11) is 0. The number of unbranched alkanes of at least 4 members (excludes halogenated alkanes) is 1. The lowest BCUT2D eigenvalue weighted by atomic mass is 10.2. The third kappa shape index (κ3) is 7.94. The minimum atomic E-state index is -1.27. The average Bonchev–Trinajstić information content (AvgIpc) is 2.26. The highest BCUT2D eigenvalue weighted by Crippen LogP contribution is 2.02. The number of nitrogens with zero attached hydrogens (tertiary/aromatic N) is 4. The van der Waals surface area contributed by atoms with Crippen molar-refractivity contribution in [3.63, 3.8) is 0 Å². The van der Waals surface area contributed by atoms with Gasteiger partial charge in [0.1, 0.15) is 13.1 Å². The molecule has 0 heterocycles. The molecule has 0 spiro atoms. The van der Waals surface area contributed by atoms with E-state index in [4.69, 9.17) is 15.7 Å². The third-order valence-electron chi connectivity index (χ3n) is 1.97. The van der Waals surface area contributed by atoms with Crippen LogP contribution in [0.1, 0.15) is 19.3 Å². The lowest BCUT2D eigenvalue weighted by Crippen LogP contribution is -2.39. The highest BCUT2D eigenvalue weighted by atomic mass is 16.4. The molecular formula is C9H14N4O5. The van der Waals surface area contributed by atoms with Crippen LogP contribution in [0.15, 0.2) is 5.11 Å². The van der Waals surface area contributed by atoms with E-state index >= 15 is 0 Å². The van der Waals surface area contributed by atoms with Crippen molar-refractivity contribution >= 4 is 17.8 Å². The summed E-state index contributed by atoms with van der Waals surface area (Å²) in [5.74, 6) is -3.07. The largest absolute Gasteiger partial charge is 0.480 e. The molecule has 0 aliphatic heterocycles. The van der Waals surface area contributed by atoms with Gasteiger partial charge >= 0.3 is 11.9 Å². The molecule has 9 nitrogen and oxygen atoms in total. The lowest BCUT2D eigenvalue weighted by molar-refractivity contribution is -0.149. The molecule has 0 rings (SSSR count). The zero-order valence-electron chi connectivity index (χ0n) is 9.65. The fraction of sp³-hybridized carbons (Fsp3) is 0.667. The first-order chi connectivity index (χ1) is 8.47. The Morgan fingerprint density at radius 1 is 1.11 bits per heavy atom. The Balaban J connectivity index is 4.15. The van der Waals surface area contributed by atoms with Gasteiger partial charge in [-0.2, -0.15) is 0 Å². The van der Waals surface area contributed by atoms with Crippen molar-refractivity contribution < 1.29 is 24.6 Å². The normalized spacial score (nSPS) is 9.33. The first-order valence-electron chi connectivity index (χ1n) is 5.19. The number of carbonyl (C=O) groups is 3. The minimum absolute atomic E-state index is 0.0293. The van der Waals surface area contributed by atoms with Crippen molar-refractivity contribution in [3.05, 3.63) is 10.4 Å². The van der Waals surface area contributed by atoms with E-state index in [1.807, 2.05) is 0 Å². The number of carboxylic acid groups (broad SMARTS) is 2. The van der Waals surface area contributed by atoms with Crippen LogP contribution >= 0.6 is 0 Å². The van der Waals surface area contributed by atoms with E-state index in [-0.39, 0.29) is 13.0 Å². The van der Waals surface area contributed by atoms with Crippen LogP contribution in [0.3, 0.4) is 0 Å². The molecule has 0 atom stereocenters. The predicted octanol–water partition coefficient (Wildman–Crippen LogP) is 0.465. The van der Waals surface area contributed by atoms with Gasteiger partial charge in [-0.05, 0) is 18.4 Å². The van der Waals surface area contributed by atoms with Crippen molar-refractivity contribution in [1.29, 1.82) is 0 Å². The number of carbonyl (C=O) groups excluding carboxylic acids is 1. The van der Waals surface area contributed by atoms with Gasteiger partial charge < -0.3 is 15.1 Å². The number of azide groups is 1. The molecule has 0 aromatic carbocycles. The molecule has 0 aromatic rings. The van der Waals surface area contributed by atoms with Crippen molar-refractivity contribution in [3.8, 4) is 0 Å².